The van der Waals surface area contributed by atoms with E-state index in [0.717, 1.165) is 55.0 Å². The minimum Gasteiger partial charge on any atom is -0.357 e. The van der Waals surface area contributed by atoms with E-state index in [0.29, 0.717) is 6.54 Å². The minimum atomic E-state index is 0. The Morgan fingerprint density at radius 2 is 2.04 bits per heavy atom. The molecule has 140 valence electrons. The van der Waals surface area contributed by atoms with Crippen molar-refractivity contribution in [1.82, 2.24) is 25.2 Å². The Morgan fingerprint density at radius 3 is 2.64 bits per heavy atom. The van der Waals surface area contributed by atoms with Gasteiger partial charge in [-0.05, 0) is 40.5 Å². The van der Waals surface area contributed by atoms with Crippen LogP contribution in [-0.4, -0.2) is 33.6 Å². The number of hydrogen-bond acceptors (Lipinski definition) is 4. The lowest BCUT2D eigenvalue weighted by Gasteiger charge is -2.11. The summed E-state index contributed by atoms with van der Waals surface area (Å²) >= 11 is 1.72. The molecule has 2 N–H and O–H groups in total. The summed E-state index contributed by atoms with van der Waals surface area (Å²) in [5, 5.41) is 7.75. The third kappa shape index (κ3) is 7.31. The average molecular weight is 476 g/mol. The molecule has 0 aliphatic rings. The van der Waals surface area contributed by atoms with Crippen molar-refractivity contribution in [3.05, 3.63) is 33.8 Å². The number of aromatic nitrogens is 3. The molecule has 0 saturated heterocycles. The maximum absolute atomic E-state index is 4.63. The second kappa shape index (κ2) is 11.5. The van der Waals surface area contributed by atoms with Crippen LogP contribution >= 0.6 is 35.3 Å². The van der Waals surface area contributed by atoms with Crippen molar-refractivity contribution in [3.63, 3.8) is 0 Å². The van der Waals surface area contributed by atoms with Crippen LogP contribution in [0.25, 0.3) is 0 Å². The third-order valence-corrected chi connectivity index (χ3v) is 4.89. The molecule has 6 nitrogen and oxygen atoms in total. The van der Waals surface area contributed by atoms with Crippen molar-refractivity contribution in [3.8, 4) is 0 Å². The van der Waals surface area contributed by atoms with Gasteiger partial charge in [-0.3, -0.25) is 0 Å². The molecule has 0 bridgehead atoms. The summed E-state index contributed by atoms with van der Waals surface area (Å²) in [6.45, 7) is 11.7. The van der Waals surface area contributed by atoms with Gasteiger partial charge in [0.2, 0.25) is 0 Å². The van der Waals surface area contributed by atoms with Gasteiger partial charge in [0.25, 0.3) is 0 Å². The number of halogens is 1. The van der Waals surface area contributed by atoms with Gasteiger partial charge in [0.1, 0.15) is 10.8 Å². The molecule has 2 aromatic rings. The van der Waals surface area contributed by atoms with Crippen LogP contribution in [0.1, 0.15) is 41.2 Å². The zero-order valence-corrected chi connectivity index (χ0v) is 18.6. The first-order valence-corrected chi connectivity index (χ1v) is 9.34. The van der Waals surface area contributed by atoms with E-state index >= 15 is 0 Å². The number of nitrogens with one attached hydrogen (secondary N) is 2. The van der Waals surface area contributed by atoms with E-state index in [9.17, 15) is 0 Å². The lowest BCUT2D eigenvalue weighted by molar-refractivity contribution is 0.588. The fourth-order valence-corrected chi connectivity index (χ4v) is 3.21. The van der Waals surface area contributed by atoms with Crippen LogP contribution in [0.4, 0.5) is 0 Å². The molecule has 0 radical (unpaired) electrons. The summed E-state index contributed by atoms with van der Waals surface area (Å²) in [6.07, 6.45) is 6.10. The van der Waals surface area contributed by atoms with Crippen LogP contribution < -0.4 is 10.6 Å². The monoisotopic (exact) mass is 476 g/mol. The van der Waals surface area contributed by atoms with Crippen molar-refractivity contribution >= 4 is 41.3 Å². The average Bonchev–Trinajstić information content (AvgIpc) is 3.10. The van der Waals surface area contributed by atoms with Crippen molar-refractivity contribution in [2.24, 2.45) is 4.99 Å². The molecule has 2 heterocycles. The lowest BCUT2D eigenvalue weighted by atomic mass is 10.3. The fourth-order valence-electron chi connectivity index (χ4n) is 2.35. The Morgan fingerprint density at radius 1 is 1.24 bits per heavy atom. The maximum atomic E-state index is 4.63. The number of unbranched alkanes of at least 4 members (excludes halogenated alkanes) is 1. The minimum absolute atomic E-state index is 0. The summed E-state index contributed by atoms with van der Waals surface area (Å²) < 4.78 is 2.19. The Kier molecular flexibility index (Phi) is 10.0. The van der Waals surface area contributed by atoms with Gasteiger partial charge in [-0.2, -0.15) is 0 Å². The zero-order chi connectivity index (χ0) is 17.4. The molecule has 0 aliphatic carbocycles. The predicted molar refractivity (Wildman–Crippen MR) is 116 cm³/mol. The Labute approximate surface area is 171 Å². The summed E-state index contributed by atoms with van der Waals surface area (Å²) in [5.74, 6) is 1.94. The highest BCUT2D eigenvalue weighted by atomic mass is 127. The SMILES string of the molecule is CCNC(=NCc1nc(C)c(C)s1)NCCCCn1ccnc1C.I. The number of aliphatic imine (C=N–C) groups is 1. The van der Waals surface area contributed by atoms with Gasteiger partial charge in [0, 0.05) is 36.9 Å². The Balaban J connectivity index is 0.00000312. The van der Waals surface area contributed by atoms with Crippen LogP contribution in [0.5, 0.6) is 0 Å². The number of imidazole rings is 1. The van der Waals surface area contributed by atoms with E-state index in [1.165, 1.54) is 4.88 Å². The summed E-state index contributed by atoms with van der Waals surface area (Å²) in [6, 6.07) is 0. The van der Waals surface area contributed by atoms with Gasteiger partial charge in [-0.1, -0.05) is 0 Å². The van der Waals surface area contributed by atoms with Crippen LogP contribution in [0.2, 0.25) is 0 Å². The summed E-state index contributed by atoms with van der Waals surface area (Å²) in [4.78, 5) is 14.7. The molecule has 0 atom stereocenters. The van der Waals surface area contributed by atoms with E-state index in [1.54, 1.807) is 11.3 Å². The topological polar surface area (TPSA) is 67.1 Å². The molecule has 2 rings (SSSR count). The van der Waals surface area contributed by atoms with E-state index in [-0.39, 0.29) is 24.0 Å². The molecule has 0 unspecified atom stereocenters. The molecule has 2 aromatic heterocycles. The number of guanidine groups is 1. The molecule has 0 fully saturated rings. The van der Waals surface area contributed by atoms with Crippen LogP contribution in [0, 0.1) is 20.8 Å². The molecule has 25 heavy (non-hydrogen) atoms. The number of rotatable bonds is 8. The number of nitrogens with zero attached hydrogens (tertiary/aromatic N) is 4. The van der Waals surface area contributed by atoms with E-state index in [1.807, 2.05) is 26.2 Å². The predicted octanol–water partition coefficient (Wildman–Crippen LogP) is 3.42. The molecular formula is C17H29IN6S. The van der Waals surface area contributed by atoms with Gasteiger partial charge in [-0.25, -0.2) is 15.0 Å². The number of thiazole rings is 1. The standard InChI is InChI=1S/C17H28N6S.HI/c1-5-18-17(21-12-16-22-13(2)14(3)24-16)20-8-6-7-10-23-11-9-19-15(23)4;/h9,11H,5-8,10,12H2,1-4H3,(H2,18,20,21);1H. The smallest absolute Gasteiger partial charge is 0.191 e. The highest BCUT2D eigenvalue weighted by Gasteiger charge is 2.04. The van der Waals surface area contributed by atoms with Crippen molar-refractivity contribution < 1.29 is 0 Å². The molecule has 0 aromatic carbocycles. The van der Waals surface area contributed by atoms with Gasteiger partial charge in [0.05, 0.1) is 12.2 Å². The van der Waals surface area contributed by atoms with Crippen LogP contribution in [0.15, 0.2) is 17.4 Å². The maximum Gasteiger partial charge on any atom is 0.191 e. The van der Waals surface area contributed by atoms with Gasteiger partial charge < -0.3 is 15.2 Å². The molecule has 0 spiro atoms. The van der Waals surface area contributed by atoms with Crippen LogP contribution in [0.3, 0.4) is 0 Å². The van der Waals surface area contributed by atoms with Gasteiger partial charge >= 0.3 is 0 Å². The van der Waals surface area contributed by atoms with Crippen molar-refractivity contribution in [2.45, 2.75) is 53.6 Å². The Bertz CT molecular complexity index is 644. The van der Waals surface area contributed by atoms with Gasteiger partial charge in [-0.15, -0.1) is 35.3 Å². The number of aryl methyl sites for hydroxylation is 4. The first-order valence-electron chi connectivity index (χ1n) is 8.53. The molecule has 0 amide bonds. The highest BCUT2D eigenvalue weighted by molar-refractivity contribution is 14.0. The molecule has 8 heteroatoms. The number of hydrogen-bond donors (Lipinski definition) is 2. The largest absolute Gasteiger partial charge is 0.357 e. The van der Waals surface area contributed by atoms with E-state index in [2.05, 4.69) is 44.0 Å². The molecular weight excluding hydrogens is 447 g/mol. The fraction of sp³-hybridized carbons (Fsp3) is 0.588. The quantitative estimate of drug-likeness (QED) is 0.265. The second-order valence-electron chi connectivity index (χ2n) is 5.75. The normalized spacial score (nSPS) is 11.3. The zero-order valence-electron chi connectivity index (χ0n) is 15.5. The third-order valence-electron chi connectivity index (χ3n) is 3.83. The van der Waals surface area contributed by atoms with Crippen LogP contribution in [-0.2, 0) is 13.1 Å². The lowest BCUT2D eigenvalue weighted by Crippen LogP contribution is -2.37. The highest BCUT2D eigenvalue weighted by Crippen LogP contribution is 2.16. The summed E-state index contributed by atoms with van der Waals surface area (Å²) in [5.41, 5.74) is 1.11. The first kappa shape index (κ1) is 21.9. The summed E-state index contributed by atoms with van der Waals surface area (Å²) in [7, 11) is 0. The molecule has 0 saturated carbocycles. The Hall–Kier alpha value is -1.16. The van der Waals surface area contributed by atoms with Gasteiger partial charge in [0.15, 0.2) is 5.96 Å². The second-order valence-corrected chi connectivity index (χ2v) is 7.03. The van der Waals surface area contributed by atoms with Crippen molar-refractivity contribution in [1.29, 1.82) is 0 Å². The molecule has 0 aliphatic heterocycles. The van der Waals surface area contributed by atoms with E-state index in [4.69, 9.17) is 0 Å². The van der Waals surface area contributed by atoms with Crippen molar-refractivity contribution in [2.75, 3.05) is 13.1 Å². The first-order chi connectivity index (χ1) is 11.6. The van der Waals surface area contributed by atoms with E-state index < -0.39 is 0 Å².